The smallest absolute Gasteiger partial charge is 0.131 e. The van der Waals surface area contributed by atoms with Crippen molar-refractivity contribution in [1.29, 1.82) is 0 Å². The normalized spacial score (nSPS) is 10.9. The van der Waals surface area contributed by atoms with Gasteiger partial charge in [0.15, 0.2) is 0 Å². The van der Waals surface area contributed by atoms with Gasteiger partial charge in [0, 0.05) is 32.4 Å². The van der Waals surface area contributed by atoms with E-state index in [0.717, 1.165) is 29.1 Å². The van der Waals surface area contributed by atoms with Crippen LogP contribution in [0.3, 0.4) is 0 Å². The van der Waals surface area contributed by atoms with Crippen LogP contribution in [0.1, 0.15) is 23.9 Å². The van der Waals surface area contributed by atoms with Gasteiger partial charge in [0.2, 0.25) is 0 Å². The zero-order chi connectivity index (χ0) is 13.3. The molecule has 0 spiro atoms. The molecule has 5 nitrogen and oxygen atoms in total. The molecule has 0 atom stereocenters. The Bertz CT molecular complexity index is 555. The fraction of sp³-hybridized carbons (Fsp3) is 0.500. The molecule has 6 heteroatoms. The minimum atomic E-state index is 0.664. The Hall–Kier alpha value is -1.49. The molecule has 0 aliphatic heterocycles. The summed E-state index contributed by atoms with van der Waals surface area (Å²) >= 11 is 6.20. The molecule has 0 bridgehead atoms. The van der Waals surface area contributed by atoms with E-state index in [1.54, 1.807) is 4.68 Å². The van der Waals surface area contributed by atoms with E-state index in [9.17, 15) is 0 Å². The summed E-state index contributed by atoms with van der Waals surface area (Å²) in [5, 5.41) is 12.7. The quantitative estimate of drug-likeness (QED) is 0.925. The lowest BCUT2D eigenvalue weighted by atomic mass is 10.2. The monoisotopic (exact) mass is 267 g/mol. The summed E-state index contributed by atoms with van der Waals surface area (Å²) in [5.74, 6) is 0. The van der Waals surface area contributed by atoms with E-state index in [2.05, 4.69) is 22.4 Å². The van der Waals surface area contributed by atoms with Crippen LogP contribution in [0.25, 0.3) is 0 Å². The number of hydrogen-bond acceptors (Lipinski definition) is 3. The minimum absolute atomic E-state index is 0.664. The highest BCUT2D eigenvalue weighted by Gasteiger charge is 2.12. The van der Waals surface area contributed by atoms with Crippen molar-refractivity contribution in [3.05, 3.63) is 28.3 Å². The maximum atomic E-state index is 6.20. The molecule has 0 unspecified atom stereocenters. The number of anilines is 1. The van der Waals surface area contributed by atoms with Gasteiger partial charge in [0.1, 0.15) is 5.15 Å². The fourth-order valence-electron chi connectivity index (χ4n) is 2.00. The summed E-state index contributed by atoms with van der Waals surface area (Å²) in [6.45, 7) is 4.72. The average Bonchev–Trinajstić information content (AvgIpc) is 2.79. The lowest BCUT2D eigenvalue weighted by molar-refractivity contribution is 0.746. The van der Waals surface area contributed by atoms with E-state index in [0.29, 0.717) is 11.7 Å². The van der Waals surface area contributed by atoms with E-state index >= 15 is 0 Å². The van der Waals surface area contributed by atoms with Gasteiger partial charge in [-0.05, 0) is 13.3 Å². The molecule has 0 radical (unpaired) electrons. The highest BCUT2D eigenvalue weighted by atomic mass is 35.5. The summed E-state index contributed by atoms with van der Waals surface area (Å²) in [4.78, 5) is 0. The molecule has 2 heterocycles. The molecule has 0 fully saturated rings. The van der Waals surface area contributed by atoms with Gasteiger partial charge in [0.05, 0.1) is 17.1 Å². The minimum Gasteiger partial charge on any atom is -0.378 e. The first-order valence-corrected chi connectivity index (χ1v) is 6.35. The molecule has 0 aromatic carbocycles. The molecule has 0 aliphatic rings. The second-order valence-electron chi connectivity index (χ2n) is 4.35. The van der Waals surface area contributed by atoms with Crippen molar-refractivity contribution < 1.29 is 0 Å². The predicted octanol–water partition coefficient (Wildman–Crippen LogP) is 2.29. The first kappa shape index (κ1) is 13.0. The molecule has 98 valence electrons. The number of aryl methyl sites for hydroxylation is 4. The summed E-state index contributed by atoms with van der Waals surface area (Å²) in [6, 6.07) is 0. The van der Waals surface area contributed by atoms with Gasteiger partial charge >= 0.3 is 0 Å². The zero-order valence-electron chi connectivity index (χ0n) is 11.2. The van der Waals surface area contributed by atoms with Crippen molar-refractivity contribution in [1.82, 2.24) is 19.6 Å². The number of hydrogen-bond donors (Lipinski definition) is 1. The number of halogens is 1. The fourth-order valence-corrected chi connectivity index (χ4v) is 2.24. The third-order valence-electron chi connectivity index (χ3n) is 2.97. The number of aromatic nitrogens is 4. The van der Waals surface area contributed by atoms with Crippen molar-refractivity contribution in [3.8, 4) is 0 Å². The van der Waals surface area contributed by atoms with Gasteiger partial charge in [-0.15, -0.1) is 0 Å². The van der Waals surface area contributed by atoms with Crippen molar-refractivity contribution >= 4 is 17.3 Å². The van der Waals surface area contributed by atoms with Gasteiger partial charge < -0.3 is 5.32 Å². The molecule has 2 aromatic heterocycles. The SMILES string of the molecule is CCc1nn(C)cc1NCc1c(C)nn(C)c1Cl. The largest absolute Gasteiger partial charge is 0.378 e. The van der Waals surface area contributed by atoms with Gasteiger partial charge in [0.25, 0.3) is 0 Å². The van der Waals surface area contributed by atoms with Gasteiger partial charge in [-0.3, -0.25) is 9.36 Å². The van der Waals surface area contributed by atoms with Crippen LogP contribution in [0.2, 0.25) is 5.15 Å². The molecule has 18 heavy (non-hydrogen) atoms. The highest BCUT2D eigenvalue weighted by molar-refractivity contribution is 6.30. The number of rotatable bonds is 4. The van der Waals surface area contributed by atoms with Gasteiger partial charge in [-0.2, -0.15) is 10.2 Å². The van der Waals surface area contributed by atoms with E-state index < -0.39 is 0 Å². The maximum absolute atomic E-state index is 6.20. The third-order valence-corrected chi connectivity index (χ3v) is 3.44. The van der Waals surface area contributed by atoms with Crippen molar-refractivity contribution in [2.24, 2.45) is 14.1 Å². The zero-order valence-corrected chi connectivity index (χ0v) is 11.9. The van der Waals surface area contributed by atoms with E-state index in [4.69, 9.17) is 11.6 Å². The van der Waals surface area contributed by atoms with Crippen molar-refractivity contribution in [2.45, 2.75) is 26.8 Å². The lowest BCUT2D eigenvalue weighted by Gasteiger charge is -2.05. The van der Waals surface area contributed by atoms with Crippen LogP contribution < -0.4 is 5.32 Å². The van der Waals surface area contributed by atoms with E-state index in [-0.39, 0.29) is 0 Å². The molecular weight excluding hydrogens is 250 g/mol. The van der Waals surface area contributed by atoms with Crippen molar-refractivity contribution in [3.63, 3.8) is 0 Å². The molecule has 1 N–H and O–H groups in total. The maximum Gasteiger partial charge on any atom is 0.131 e. The van der Waals surface area contributed by atoms with Gasteiger partial charge in [-0.1, -0.05) is 18.5 Å². The Morgan fingerprint density at radius 3 is 2.61 bits per heavy atom. The Morgan fingerprint density at radius 1 is 1.33 bits per heavy atom. The van der Waals surface area contributed by atoms with Crippen LogP contribution >= 0.6 is 11.6 Å². The summed E-state index contributed by atoms with van der Waals surface area (Å²) in [6.07, 6.45) is 2.89. The van der Waals surface area contributed by atoms with Crippen LogP contribution in [0.5, 0.6) is 0 Å². The molecule has 2 aromatic rings. The second-order valence-corrected chi connectivity index (χ2v) is 4.71. The molecule has 0 saturated carbocycles. The van der Waals surface area contributed by atoms with E-state index in [1.165, 1.54) is 0 Å². The van der Waals surface area contributed by atoms with Crippen LogP contribution in [-0.4, -0.2) is 19.6 Å². The second kappa shape index (κ2) is 5.02. The first-order valence-electron chi connectivity index (χ1n) is 5.97. The summed E-state index contributed by atoms with van der Waals surface area (Å²) in [5.41, 5.74) is 4.11. The first-order chi connectivity index (χ1) is 8.52. The standard InChI is InChI=1S/C12H18ClN5/c1-5-10-11(7-17(3)16-10)14-6-9-8(2)15-18(4)12(9)13/h7,14H,5-6H2,1-4H3. The molecule has 2 rings (SSSR count). The number of nitrogens with zero attached hydrogens (tertiary/aromatic N) is 4. The molecule has 0 saturated heterocycles. The van der Waals surface area contributed by atoms with Crippen LogP contribution in [-0.2, 0) is 27.1 Å². The molecule has 0 aliphatic carbocycles. The molecule has 0 amide bonds. The van der Waals surface area contributed by atoms with Gasteiger partial charge in [-0.25, -0.2) is 0 Å². The van der Waals surface area contributed by atoms with Crippen LogP contribution in [0.4, 0.5) is 5.69 Å². The predicted molar refractivity (Wildman–Crippen MR) is 72.9 cm³/mol. The average molecular weight is 268 g/mol. The lowest BCUT2D eigenvalue weighted by Crippen LogP contribution is -2.02. The Balaban J connectivity index is 2.16. The summed E-state index contributed by atoms with van der Waals surface area (Å²) in [7, 11) is 3.77. The topological polar surface area (TPSA) is 47.7 Å². The number of nitrogens with one attached hydrogen (secondary N) is 1. The Labute approximate surface area is 112 Å². The van der Waals surface area contributed by atoms with E-state index in [1.807, 2.05) is 31.9 Å². The summed E-state index contributed by atoms with van der Waals surface area (Å²) < 4.78 is 3.51. The van der Waals surface area contributed by atoms with Crippen molar-refractivity contribution in [2.75, 3.05) is 5.32 Å². The Morgan fingerprint density at radius 2 is 2.06 bits per heavy atom. The van der Waals surface area contributed by atoms with Crippen LogP contribution in [0, 0.1) is 6.92 Å². The highest BCUT2D eigenvalue weighted by Crippen LogP contribution is 2.21. The third kappa shape index (κ3) is 2.36. The molecular formula is C12H18ClN5. The van der Waals surface area contributed by atoms with Crippen LogP contribution in [0.15, 0.2) is 6.20 Å². The Kier molecular flexibility index (Phi) is 3.61.